The number of nitrogen functional groups attached to an aromatic ring is 1. The topological polar surface area (TPSA) is 58.9 Å². The molecule has 0 aliphatic carbocycles. The minimum atomic E-state index is -0.140. The van der Waals surface area contributed by atoms with E-state index in [9.17, 15) is 4.79 Å². The Balaban J connectivity index is 2.69. The van der Waals surface area contributed by atoms with Crippen molar-refractivity contribution in [2.75, 3.05) is 5.73 Å². The zero-order valence-electron chi connectivity index (χ0n) is 8.45. The maximum absolute atomic E-state index is 11.7. The molecule has 0 amide bonds. The van der Waals surface area contributed by atoms with Gasteiger partial charge in [-0.15, -0.1) is 0 Å². The van der Waals surface area contributed by atoms with E-state index in [1.807, 2.05) is 37.3 Å². The predicted molar refractivity (Wildman–Crippen MR) is 61.6 cm³/mol. The van der Waals surface area contributed by atoms with E-state index >= 15 is 0 Å². The summed E-state index contributed by atoms with van der Waals surface area (Å²) >= 11 is 0. The first-order chi connectivity index (χ1) is 7.18. The smallest absolute Gasteiger partial charge is 0.258 e. The van der Waals surface area contributed by atoms with E-state index in [0.717, 1.165) is 11.3 Å². The van der Waals surface area contributed by atoms with Crippen LogP contribution in [0.4, 0.5) is 5.69 Å². The highest BCUT2D eigenvalue weighted by molar-refractivity contribution is 5.75. The first-order valence-electron chi connectivity index (χ1n) is 4.73. The average molecular weight is 200 g/mol. The number of hydrogen-bond donors (Lipinski definition) is 2. The molecule has 0 aliphatic heterocycles. The van der Waals surface area contributed by atoms with Gasteiger partial charge in [0.1, 0.15) is 0 Å². The van der Waals surface area contributed by atoms with Gasteiger partial charge in [-0.1, -0.05) is 30.3 Å². The Morgan fingerprint density at radius 3 is 2.47 bits per heavy atom. The molecule has 1 heterocycles. The van der Waals surface area contributed by atoms with Gasteiger partial charge in [0.2, 0.25) is 0 Å². The van der Waals surface area contributed by atoms with E-state index in [0.29, 0.717) is 11.3 Å². The van der Waals surface area contributed by atoms with Crippen molar-refractivity contribution in [2.45, 2.75) is 6.92 Å². The summed E-state index contributed by atoms with van der Waals surface area (Å²) in [6.07, 6.45) is 0. The zero-order valence-corrected chi connectivity index (χ0v) is 8.45. The molecule has 0 radical (unpaired) electrons. The van der Waals surface area contributed by atoms with Crippen molar-refractivity contribution < 1.29 is 0 Å². The van der Waals surface area contributed by atoms with Crippen molar-refractivity contribution in [3.05, 3.63) is 52.4 Å². The molecule has 15 heavy (non-hydrogen) atoms. The fourth-order valence-electron chi connectivity index (χ4n) is 1.62. The summed E-state index contributed by atoms with van der Waals surface area (Å²) in [7, 11) is 0. The van der Waals surface area contributed by atoms with Gasteiger partial charge in [0.15, 0.2) is 0 Å². The molecule has 1 aromatic heterocycles. The van der Waals surface area contributed by atoms with Crippen molar-refractivity contribution in [1.82, 2.24) is 4.98 Å². The number of anilines is 1. The van der Waals surface area contributed by atoms with E-state index in [2.05, 4.69) is 4.98 Å². The number of benzene rings is 1. The summed E-state index contributed by atoms with van der Waals surface area (Å²) in [6, 6.07) is 11.2. The second-order valence-electron chi connectivity index (χ2n) is 3.48. The van der Waals surface area contributed by atoms with Crippen LogP contribution in [0.2, 0.25) is 0 Å². The first-order valence-corrected chi connectivity index (χ1v) is 4.73. The summed E-state index contributed by atoms with van der Waals surface area (Å²) in [5, 5.41) is 0. The van der Waals surface area contributed by atoms with Crippen molar-refractivity contribution in [2.24, 2.45) is 0 Å². The van der Waals surface area contributed by atoms with Gasteiger partial charge in [-0.2, -0.15) is 0 Å². The second-order valence-corrected chi connectivity index (χ2v) is 3.48. The molecule has 0 aliphatic rings. The normalized spacial score (nSPS) is 10.2. The van der Waals surface area contributed by atoms with E-state index in [1.54, 1.807) is 6.07 Å². The molecule has 76 valence electrons. The number of nitrogens with one attached hydrogen (secondary N) is 1. The van der Waals surface area contributed by atoms with E-state index in [1.165, 1.54) is 0 Å². The van der Waals surface area contributed by atoms with Crippen LogP contribution in [-0.2, 0) is 0 Å². The Labute approximate surface area is 87.6 Å². The van der Waals surface area contributed by atoms with Crippen LogP contribution in [0, 0.1) is 6.92 Å². The Kier molecular flexibility index (Phi) is 2.29. The van der Waals surface area contributed by atoms with Gasteiger partial charge >= 0.3 is 0 Å². The third-order valence-electron chi connectivity index (χ3n) is 2.26. The molecule has 3 heteroatoms. The van der Waals surface area contributed by atoms with Crippen LogP contribution in [0.25, 0.3) is 11.1 Å². The number of hydrogen-bond acceptors (Lipinski definition) is 2. The number of aryl methyl sites for hydroxylation is 1. The first kappa shape index (κ1) is 9.52. The quantitative estimate of drug-likeness (QED) is 0.739. The van der Waals surface area contributed by atoms with E-state index in [-0.39, 0.29) is 5.56 Å². The van der Waals surface area contributed by atoms with Crippen LogP contribution < -0.4 is 11.3 Å². The second kappa shape index (κ2) is 3.61. The summed E-state index contributed by atoms with van der Waals surface area (Å²) in [5.41, 5.74) is 8.37. The standard InChI is InChI=1S/C12H12N2O/c1-8-7-10(13)11(12(15)14-8)9-5-3-2-4-6-9/h2-7H,1H3,(H3,13,14,15). The lowest BCUT2D eigenvalue weighted by Crippen LogP contribution is -2.12. The Morgan fingerprint density at radius 1 is 1.20 bits per heavy atom. The fraction of sp³-hybridized carbons (Fsp3) is 0.0833. The number of aromatic amines is 1. The van der Waals surface area contributed by atoms with E-state index < -0.39 is 0 Å². The van der Waals surface area contributed by atoms with Crippen LogP contribution in [0.3, 0.4) is 0 Å². The Bertz CT molecular complexity index is 529. The highest BCUT2D eigenvalue weighted by Crippen LogP contribution is 2.21. The van der Waals surface area contributed by atoms with Crippen LogP contribution >= 0.6 is 0 Å². The highest BCUT2D eigenvalue weighted by Gasteiger charge is 2.07. The van der Waals surface area contributed by atoms with Gasteiger partial charge in [-0.25, -0.2) is 0 Å². The molecule has 0 bridgehead atoms. The molecule has 0 atom stereocenters. The van der Waals surface area contributed by atoms with Gasteiger partial charge < -0.3 is 10.7 Å². The van der Waals surface area contributed by atoms with Gasteiger partial charge in [0.25, 0.3) is 5.56 Å². The predicted octanol–water partition coefficient (Wildman–Crippen LogP) is 1.93. The molecule has 0 fully saturated rings. The highest BCUT2D eigenvalue weighted by atomic mass is 16.1. The molecule has 0 saturated heterocycles. The third kappa shape index (κ3) is 1.76. The maximum Gasteiger partial charge on any atom is 0.258 e. The Morgan fingerprint density at radius 2 is 1.87 bits per heavy atom. The maximum atomic E-state index is 11.7. The molecule has 2 rings (SSSR count). The van der Waals surface area contributed by atoms with Gasteiger partial charge in [-0.3, -0.25) is 4.79 Å². The molecule has 3 N–H and O–H groups in total. The molecule has 1 aromatic carbocycles. The summed E-state index contributed by atoms with van der Waals surface area (Å²) in [4.78, 5) is 14.5. The number of rotatable bonds is 1. The van der Waals surface area contributed by atoms with Gasteiger partial charge in [-0.05, 0) is 18.6 Å². The minimum absolute atomic E-state index is 0.140. The third-order valence-corrected chi connectivity index (χ3v) is 2.26. The monoisotopic (exact) mass is 200 g/mol. The van der Waals surface area contributed by atoms with Crippen molar-refractivity contribution in [3.63, 3.8) is 0 Å². The Hall–Kier alpha value is -2.03. The van der Waals surface area contributed by atoms with Crippen molar-refractivity contribution in [1.29, 1.82) is 0 Å². The van der Waals surface area contributed by atoms with Crippen LogP contribution in [-0.4, -0.2) is 4.98 Å². The van der Waals surface area contributed by atoms with Crippen LogP contribution in [0.15, 0.2) is 41.2 Å². The fourth-order valence-corrected chi connectivity index (χ4v) is 1.62. The lowest BCUT2D eigenvalue weighted by atomic mass is 10.1. The molecule has 0 saturated carbocycles. The largest absolute Gasteiger partial charge is 0.398 e. The lowest BCUT2D eigenvalue weighted by molar-refractivity contribution is 1.15. The summed E-state index contributed by atoms with van der Waals surface area (Å²) in [6.45, 7) is 1.81. The number of nitrogens with two attached hydrogens (primary N) is 1. The molecule has 0 unspecified atom stereocenters. The summed E-state index contributed by atoms with van der Waals surface area (Å²) < 4.78 is 0. The SMILES string of the molecule is Cc1cc(N)c(-c2ccccc2)c(=O)[nH]1. The molecular weight excluding hydrogens is 188 g/mol. The van der Waals surface area contributed by atoms with Gasteiger partial charge in [0, 0.05) is 11.4 Å². The number of aromatic nitrogens is 1. The van der Waals surface area contributed by atoms with E-state index in [4.69, 9.17) is 5.73 Å². The average Bonchev–Trinajstić information content (AvgIpc) is 2.17. The molecule has 0 spiro atoms. The minimum Gasteiger partial charge on any atom is -0.398 e. The number of pyridine rings is 1. The molecular formula is C12H12N2O. The van der Waals surface area contributed by atoms with Gasteiger partial charge in [0.05, 0.1) is 5.56 Å². The van der Waals surface area contributed by atoms with Crippen LogP contribution in [0.1, 0.15) is 5.69 Å². The zero-order chi connectivity index (χ0) is 10.8. The number of H-pyrrole nitrogens is 1. The molecule has 3 nitrogen and oxygen atoms in total. The van der Waals surface area contributed by atoms with Crippen molar-refractivity contribution >= 4 is 5.69 Å². The summed E-state index contributed by atoms with van der Waals surface area (Å²) in [5.74, 6) is 0. The lowest BCUT2D eigenvalue weighted by Gasteiger charge is -2.05. The van der Waals surface area contributed by atoms with Crippen molar-refractivity contribution in [3.8, 4) is 11.1 Å². The van der Waals surface area contributed by atoms with Crippen LogP contribution in [0.5, 0.6) is 0 Å². The molecule has 2 aromatic rings.